The van der Waals surface area contributed by atoms with E-state index >= 15 is 0 Å². The fourth-order valence-corrected chi connectivity index (χ4v) is 2.85. The number of hydrogen-bond acceptors (Lipinski definition) is 5. The van der Waals surface area contributed by atoms with Crippen LogP contribution in [0.5, 0.6) is 5.75 Å². The Kier molecular flexibility index (Phi) is 5.60. The fourth-order valence-electron chi connectivity index (χ4n) is 2.85. The third-order valence-electron chi connectivity index (χ3n) is 4.01. The number of aromatic nitrogens is 3. The highest BCUT2D eigenvalue weighted by Crippen LogP contribution is 2.30. The second kappa shape index (κ2) is 8.08. The summed E-state index contributed by atoms with van der Waals surface area (Å²) >= 11 is 0. The molecule has 1 unspecified atom stereocenters. The van der Waals surface area contributed by atoms with Gasteiger partial charge in [0.05, 0.1) is 18.9 Å². The van der Waals surface area contributed by atoms with Crippen LogP contribution in [0.25, 0.3) is 0 Å². The van der Waals surface area contributed by atoms with E-state index in [1.165, 1.54) is 0 Å². The molecular formula is C17H23N3O3. The summed E-state index contributed by atoms with van der Waals surface area (Å²) in [6, 6.07) is 9.83. The maximum Gasteiger partial charge on any atom is 0.119 e. The van der Waals surface area contributed by atoms with E-state index in [1.54, 1.807) is 0 Å². The van der Waals surface area contributed by atoms with E-state index in [4.69, 9.17) is 9.47 Å². The fraction of sp³-hybridized carbons (Fsp3) is 0.529. The highest BCUT2D eigenvalue weighted by Gasteiger charge is 2.25. The molecule has 1 aliphatic heterocycles. The molecule has 1 fully saturated rings. The standard InChI is InChI=1S/C17H23N3O3/c21-13-15-17(16-9-6-12-23-16)20(19-18-15)10-4-5-11-22-14-7-2-1-3-8-14/h1-3,7-8,16,21H,4-6,9-13H2. The molecule has 0 spiro atoms. The molecule has 0 amide bonds. The van der Waals surface area contributed by atoms with Gasteiger partial charge in [-0.15, -0.1) is 5.10 Å². The van der Waals surface area contributed by atoms with Gasteiger partial charge in [-0.05, 0) is 37.8 Å². The van der Waals surface area contributed by atoms with Gasteiger partial charge in [-0.3, -0.25) is 0 Å². The number of hydrogen-bond donors (Lipinski definition) is 1. The van der Waals surface area contributed by atoms with E-state index in [0.717, 1.165) is 50.3 Å². The Balaban J connectivity index is 1.49. The Morgan fingerprint density at radius 1 is 1.26 bits per heavy atom. The molecule has 1 aromatic carbocycles. The van der Waals surface area contributed by atoms with Crippen LogP contribution in [-0.4, -0.2) is 33.3 Å². The predicted molar refractivity (Wildman–Crippen MR) is 85.0 cm³/mol. The number of nitrogens with zero attached hydrogens (tertiary/aromatic N) is 3. The van der Waals surface area contributed by atoms with Gasteiger partial charge in [0.15, 0.2) is 0 Å². The van der Waals surface area contributed by atoms with E-state index in [0.29, 0.717) is 12.3 Å². The SMILES string of the molecule is OCc1nnn(CCCCOc2ccccc2)c1C1CCCO1. The molecule has 0 bridgehead atoms. The van der Waals surface area contributed by atoms with Crippen LogP contribution < -0.4 is 4.74 Å². The van der Waals surface area contributed by atoms with Crippen LogP contribution >= 0.6 is 0 Å². The molecule has 6 heteroatoms. The van der Waals surface area contributed by atoms with Gasteiger partial charge in [-0.25, -0.2) is 4.68 Å². The average molecular weight is 317 g/mol. The first-order chi connectivity index (χ1) is 11.4. The minimum Gasteiger partial charge on any atom is -0.494 e. The minimum atomic E-state index is -0.0910. The number of para-hydroxylation sites is 1. The van der Waals surface area contributed by atoms with Crippen molar-refractivity contribution in [3.8, 4) is 5.75 Å². The monoisotopic (exact) mass is 317 g/mol. The van der Waals surface area contributed by atoms with Crippen molar-refractivity contribution in [1.82, 2.24) is 15.0 Å². The van der Waals surface area contributed by atoms with E-state index in [1.807, 2.05) is 35.0 Å². The van der Waals surface area contributed by atoms with Crippen LogP contribution in [0.3, 0.4) is 0 Å². The molecule has 6 nitrogen and oxygen atoms in total. The lowest BCUT2D eigenvalue weighted by atomic mass is 10.1. The molecule has 0 aliphatic carbocycles. The van der Waals surface area contributed by atoms with Crippen molar-refractivity contribution < 1.29 is 14.6 Å². The Morgan fingerprint density at radius 3 is 2.87 bits per heavy atom. The maximum atomic E-state index is 9.44. The molecule has 1 N–H and O–H groups in total. The first kappa shape index (κ1) is 16.0. The van der Waals surface area contributed by atoms with Gasteiger partial charge in [0.1, 0.15) is 17.5 Å². The van der Waals surface area contributed by atoms with Crippen molar-refractivity contribution in [3.63, 3.8) is 0 Å². The topological polar surface area (TPSA) is 69.4 Å². The molecule has 0 saturated carbocycles. The first-order valence-electron chi connectivity index (χ1n) is 8.21. The molecule has 1 atom stereocenters. The minimum absolute atomic E-state index is 0.0210. The molecule has 3 rings (SSSR count). The van der Waals surface area contributed by atoms with Gasteiger partial charge in [0.25, 0.3) is 0 Å². The van der Waals surface area contributed by atoms with E-state index in [-0.39, 0.29) is 12.7 Å². The second-order valence-corrected chi connectivity index (χ2v) is 5.67. The average Bonchev–Trinajstić information content (AvgIpc) is 3.24. The summed E-state index contributed by atoms with van der Waals surface area (Å²) in [4.78, 5) is 0. The molecule has 2 aromatic rings. The summed E-state index contributed by atoms with van der Waals surface area (Å²) in [5.74, 6) is 0.899. The molecule has 0 radical (unpaired) electrons. The second-order valence-electron chi connectivity index (χ2n) is 5.67. The number of aliphatic hydroxyl groups excluding tert-OH is 1. The summed E-state index contributed by atoms with van der Waals surface area (Å²) in [5.41, 5.74) is 1.58. The largest absolute Gasteiger partial charge is 0.494 e. The number of benzene rings is 1. The van der Waals surface area contributed by atoms with Gasteiger partial charge in [0, 0.05) is 13.2 Å². The van der Waals surface area contributed by atoms with Crippen molar-refractivity contribution in [1.29, 1.82) is 0 Å². The van der Waals surface area contributed by atoms with Crippen molar-refractivity contribution >= 4 is 0 Å². The number of aliphatic hydroxyl groups is 1. The third kappa shape index (κ3) is 4.09. The van der Waals surface area contributed by atoms with Crippen LogP contribution in [0.2, 0.25) is 0 Å². The number of rotatable bonds is 8. The summed E-state index contributed by atoms with van der Waals surface area (Å²) in [7, 11) is 0. The van der Waals surface area contributed by atoms with Crippen LogP contribution in [-0.2, 0) is 17.9 Å². The lowest BCUT2D eigenvalue weighted by Gasteiger charge is -2.13. The summed E-state index contributed by atoms with van der Waals surface area (Å²) < 4.78 is 13.3. The van der Waals surface area contributed by atoms with E-state index < -0.39 is 0 Å². The summed E-state index contributed by atoms with van der Waals surface area (Å²) in [6.07, 6.45) is 3.92. The molecule has 23 heavy (non-hydrogen) atoms. The molecule has 124 valence electrons. The van der Waals surface area contributed by atoms with Gasteiger partial charge in [0.2, 0.25) is 0 Å². The highest BCUT2D eigenvalue weighted by atomic mass is 16.5. The van der Waals surface area contributed by atoms with Crippen molar-refractivity contribution in [3.05, 3.63) is 41.7 Å². The van der Waals surface area contributed by atoms with Crippen LogP contribution in [0.15, 0.2) is 30.3 Å². The molecular weight excluding hydrogens is 294 g/mol. The lowest BCUT2D eigenvalue weighted by molar-refractivity contribution is 0.102. The third-order valence-corrected chi connectivity index (χ3v) is 4.01. The first-order valence-corrected chi connectivity index (χ1v) is 8.21. The smallest absolute Gasteiger partial charge is 0.119 e. The summed E-state index contributed by atoms with van der Waals surface area (Å²) in [6.45, 7) is 2.12. The normalized spacial score (nSPS) is 17.5. The van der Waals surface area contributed by atoms with Crippen molar-refractivity contribution in [2.45, 2.75) is 44.9 Å². The maximum absolute atomic E-state index is 9.44. The lowest BCUT2D eigenvalue weighted by Crippen LogP contribution is -2.11. The number of ether oxygens (including phenoxy) is 2. The quantitative estimate of drug-likeness (QED) is 0.758. The Bertz CT molecular complexity index is 594. The zero-order valence-electron chi connectivity index (χ0n) is 13.2. The van der Waals surface area contributed by atoms with Crippen LogP contribution in [0, 0.1) is 0 Å². The zero-order valence-corrected chi connectivity index (χ0v) is 13.2. The number of aryl methyl sites for hydroxylation is 1. The Morgan fingerprint density at radius 2 is 2.13 bits per heavy atom. The molecule has 1 aliphatic rings. The Labute approximate surface area is 136 Å². The van der Waals surface area contributed by atoms with Gasteiger partial charge in [-0.1, -0.05) is 23.4 Å². The van der Waals surface area contributed by atoms with Gasteiger partial charge in [-0.2, -0.15) is 0 Å². The van der Waals surface area contributed by atoms with Crippen molar-refractivity contribution in [2.24, 2.45) is 0 Å². The van der Waals surface area contributed by atoms with Gasteiger partial charge >= 0.3 is 0 Å². The van der Waals surface area contributed by atoms with Crippen LogP contribution in [0.4, 0.5) is 0 Å². The van der Waals surface area contributed by atoms with E-state index in [2.05, 4.69) is 10.3 Å². The van der Waals surface area contributed by atoms with Gasteiger partial charge < -0.3 is 14.6 Å². The predicted octanol–water partition coefficient (Wildman–Crippen LogP) is 2.48. The van der Waals surface area contributed by atoms with Crippen LogP contribution in [0.1, 0.15) is 43.2 Å². The Hall–Kier alpha value is -1.92. The zero-order chi connectivity index (χ0) is 15.9. The highest BCUT2D eigenvalue weighted by molar-refractivity contribution is 5.20. The van der Waals surface area contributed by atoms with Crippen molar-refractivity contribution in [2.75, 3.05) is 13.2 Å². The molecule has 2 heterocycles. The molecule has 1 aromatic heterocycles. The summed E-state index contributed by atoms with van der Waals surface area (Å²) in [5, 5.41) is 17.7. The van der Waals surface area contributed by atoms with E-state index in [9.17, 15) is 5.11 Å². The number of unbranched alkanes of at least 4 members (excludes halogenated alkanes) is 1. The molecule has 1 saturated heterocycles.